The van der Waals surface area contributed by atoms with Crippen LogP contribution >= 0.6 is 0 Å². The number of H-pyrrole nitrogens is 1. The van der Waals surface area contributed by atoms with Crippen molar-refractivity contribution in [1.29, 1.82) is 0 Å². The predicted molar refractivity (Wildman–Crippen MR) is 81.6 cm³/mol. The molecular formula is C15H17N3O4. The monoisotopic (exact) mass is 303 g/mol. The van der Waals surface area contributed by atoms with Gasteiger partial charge in [0.25, 0.3) is 5.56 Å². The van der Waals surface area contributed by atoms with E-state index in [2.05, 4.69) is 15.5 Å². The number of amides is 1. The van der Waals surface area contributed by atoms with Crippen LogP contribution in [0.1, 0.15) is 0 Å². The molecule has 2 N–H and O–H groups in total. The molecule has 0 spiro atoms. The summed E-state index contributed by atoms with van der Waals surface area (Å²) in [6.07, 6.45) is 0. The molecule has 0 aliphatic carbocycles. The molecule has 0 atom stereocenters. The second kappa shape index (κ2) is 8.06. The van der Waals surface area contributed by atoms with Gasteiger partial charge in [-0.2, -0.15) is 5.10 Å². The molecule has 7 nitrogen and oxygen atoms in total. The molecule has 1 aromatic heterocycles. The SMILES string of the molecule is COCCOCC(=O)Nc1cccc(-c2ccc(=O)[nH]n2)c1. The van der Waals surface area contributed by atoms with Gasteiger partial charge >= 0.3 is 0 Å². The Bertz CT molecular complexity index is 664. The van der Waals surface area contributed by atoms with Crippen LogP contribution in [0.4, 0.5) is 5.69 Å². The van der Waals surface area contributed by atoms with E-state index in [1.807, 2.05) is 6.07 Å². The van der Waals surface area contributed by atoms with Crippen molar-refractivity contribution in [3.8, 4) is 11.3 Å². The number of carbonyl (C=O) groups excluding carboxylic acids is 1. The first kappa shape index (κ1) is 15.9. The fourth-order valence-corrected chi connectivity index (χ4v) is 1.77. The average Bonchev–Trinajstić information content (AvgIpc) is 2.52. The van der Waals surface area contributed by atoms with Crippen LogP contribution in [0.15, 0.2) is 41.2 Å². The van der Waals surface area contributed by atoms with Crippen molar-refractivity contribution < 1.29 is 14.3 Å². The molecule has 0 saturated heterocycles. The Balaban J connectivity index is 1.98. The Hall–Kier alpha value is -2.51. The van der Waals surface area contributed by atoms with Gasteiger partial charge in [0.1, 0.15) is 6.61 Å². The van der Waals surface area contributed by atoms with E-state index in [0.717, 1.165) is 5.56 Å². The summed E-state index contributed by atoms with van der Waals surface area (Å²) in [4.78, 5) is 22.7. The summed E-state index contributed by atoms with van der Waals surface area (Å²) in [5.74, 6) is -0.248. The van der Waals surface area contributed by atoms with E-state index < -0.39 is 0 Å². The zero-order chi connectivity index (χ0) is 15.8. The molecule has 0 radical (unpaired) electrons. The van der Waals surface area contributed by atoms with Gasteiger partial charge in [0.05, 0.1) is 18.9 Å². The molecule has 0 bridgehead atoms. The largest absolute Gasteiger partial charge is 0.382 e. The summed E-state index contributed by atoms with van der Waals surface area (Å²) in [5, 5.41) is 9.06. The van der Waals surface area contributed by atoms with E-state index in [-0.39, 0.29) is 18.1 Å². The summed E-state index contributed by atoms with van der Waals surface area (Å²) >= 11 is 0. The minimum atomic E-state index is -0.263. The van der Waals surface area contributed by atoms with E-state index in [9.17, 15) is 9.59 Å². The van der Waals surface area contributed by atoms with Gasteiger partial charge in [-0.15, -0.1) is 0 Å². The lowest BCUT2D eigenvalue weighted by Crippen LogP contribution is -2.19. The molecule has 0 aliphatic heterocycles. The molecule has 1 amide bonds. The molecule has 1 heterocycles. The van der Waals surface area contributed by atoms with Crippen LogP contribution in [0.3, 0.4) is 0 Å². The Kier molecular flexibility index (Phi) is 5.81. The van der Waals surface area contributed by atoms with Crippen LogP contribution in [0.2, 0.25) is 0 Å². The van der Waals surface area contributed by atoms with Crippen molar-refractivity contribution in [2.24, 2.45) is 0 Å². The molecule has 0 saturated carbocycles. The fourth-order valence-electron chi connectivity index (χ4n) is 1.77. The fraction of sp³-hybridized carbons (Fsp3) is 0.267. The Morgan fingerprint density at radius 2 is 2.14 bits per heavy atom. The number of aromatic nitrogens is 2. The molecule has 22 heavy (non-hydrogen) atoms. The second-order valence-corrected chi connectivity index (χ2v) is 4.48. The van der Waals surface area contributed by atoms with Crippen LogP contribution in [0.5, 0.6) is 0 Å². The molecule has 116 valence electrons. The van der Waals surface area contributed by atoms with Gasteiger partial charge < -0.3 is 14.8 Å². The Morgan fingerprint density at radius 3 is 2.86 bits per heavy atom. The van der Waals surface area contributed by atoms with Crippen molar-refractivity contribution in [2.45, 2.75) is 0 Å². The average molecular weight is 303 g/mol. The van der Waals surface area contributed by atoms with Gasteiger partial charge in [-0.25, -0.2) is 5.10 Å². The number of ether oxygens (including phenoxy) is 2. The Morgan fingerprint density at radius 1 is 1.27 bits per heavy atom. The molecule has 7 heteroatoms. The number of rotatable bonds is 7. The normalized spacial score (nSPS) is 10.4. The third-order valence-corrected chi connectivity index (χ3v) is 2.79. The number of methoxy groups -OCH3 is 1. The van der Waals surface area contributed by atoms with E-state index in [0.29, 0.717) is 24.6 Å². The number of nitrogens with one attached hydrogen (secondary N) is 2. The van der Waals surface area contributed by atoms with Crippen LogP contribution in [-0.2, 0) is 14.3 Å². The number of hydrogen-bond donors (Lipinski definition) is 2. The van der Waals surface area contributed by atoms with Crippen LogP contribution in [0.25, 0.3) is 11.3 Å². The smallest absolute Gasteiger partial charge is 0.264 e. The summed E-state index contributed by atoms with van der Waals surface area (Å²) in [6.45, 7) is 0.774. The highest BCUT2D eigenvalue weighted by molar-refractivity contribution is 5.92. The van der Waals surface area contributed by atoms with Gasteiger partial charge in [0.15, 0.2) is 0 Å². The highest BCUT2D eigenvalue weighted by Gasteiger charge is 2.05. The molecule has 2 aromatic rings. The zero-order valence-corrected chi connectivity index (χ0v) is 12.2. The summed E-state index contributed by atoms with van der Waals surface area (Å²) in [7, 11) is 1.57. The third-order valence-electron chi connectivity index (χ3n) is 2.79. The topological polar surface area (TPSA) is 93.3 Å². The van der Waals surface area contributed by atoms with E-state index in [1.54, 1.807) is 31.4 Å². The van der Waals surface area contributed by atoms with Crippen molar-refractivity contribution in [2.75, 3.05) is 32.2 Å². The lowest BCUT2D eigenvalue weighted by Gasteiger charge is -2.07. The number of carbonyl (C=O) groups is 1. The molecule has 2 rings (SSSR count). The maximum absolute atomic E-state index is 11.7. The first-order valence-electron chi connectivity index (χ1n) is 6.72. The molecule has 0 fully saturated rings. The standard InChI is InChI=1S/C15H17N3O4/c1-21-7-8-22-10-15(20)16-12-4-2-3-11(9-12)13-5-6-14(19)18-17-13/h2-6,9H,7-8,10H2,1H3,(H,16,20)(H,18,19). The minimum Gasteiger partial charge on any atom is -0.382 e. The molecule has 0 unspecified atom stereocenters. The minimum absolute atomic E-state index is 0.0372. The number of nitrogens with zero attached hydrogens (tertiary/aromatic N) is 1. The maximum Gasteiger partial charge on any atom is 0.264 e. The van der Waals surface area contributed by atoms with Crippen molar-refractivity contribution in [3.63, 3.8) is 0 Å². The molecule has 0 aliphatic rings. The number of benzene rings is 1. The summed E-state index contributed by atoms with van der Waals surface area (Å²) in [6, 6.07) is 10.2. The maximum atomic E-state index is 11.7. The van der Waals surface area contributed by atoms with E-state index in [1.165, 1.54) is 6.07 Å². The number of aromatic amines is 1. The van der Waals surface area contributed by atoms with Gasteiger partial charge in [-0.05, 0) is 18.2 Å². The highest BCUT2D eigenvalue weighted by Crippen LogP contribution is 2.19. The second-order valence-electron chi connectivity index (χ2n) is 4.48. The quantitative estimate of drug-likeness (QED) is 0.745. The lowest BCUT2D eigenvalue weighted by atomic mass is 10.1. The van der Waals surface area contributed by atoms with Gasteiger partial charge in [-0.1, -0.05) is 12.1 Å². The van der Waals surface area contributed by atoms with Crippen LogP contribution in [0, 0.1) is 0 Å². The predicted octanol–water partition coefficient (Wildman–Crippen LogP) is 1.04. The van der Waals surface area contributed by atoms with E-state index >= 15 is 0 Å². The third kappa shape index (κ3) is 4.80. The zero-order valence-electron chi connectivity index (χ0n) is 12.2. The lowest BCUT2D eigenvalue weighted by molar-refractivity contribution is -0.121. The summed E-state index contributed by atoms with van der Waals surface area (Å²) < 4.78 is 9.97. The van der Waals surface area contributed by atoms with Crippen molar-refractivity contribution in [1.82, 2.24) is 10.2 Å². The van der Waals surface area contributed by atoms with Gasteiger partial charge in [0.2, 0.25) is 5.91 Å². The Labute approximate surface area is 127 Å². The number of anilines is 1. The van der Waals surface area contributed by atoms with Crippen LogP contribution < -0.4 is 10.9 Å². The van der Waals surface area contributed by atoms with Crippen molar-refractivity contribution in [3.05, 3.63) is 46.8 Å². The highest BCUT2D eigenvalue weighted by atomic mass is 16.5. The van der Waals surface area contributed by atoms with Crippen LogP contribution in [-0.4, -0.2) is 43.0 Å². The van der Waals surface area contributed by atoms with E-state index in [4.69, 9.17) is 9.47 Å². The number of hydrogen-bond acceptors (Lipinski definition) is 5. The van der Waals surface area contributed by atoms with Crippen molar-refractivity contribution >= 4 is 11.6 Å². The first-order valence-corrected chi connectivity index (χ1v) is 6.72. The van der Waals surface area contributed by atoms with Gasteiger partial charge in [-0.3, -0.25) is 9.59 Å². The first-order chi connectivity index (χ1) is 10.7. The molecular weight excluding hydrogens is 286 g/mol. The summed E-state index contributed by atoms with van der Waals surface area (Å²) in [5.41, 5.74) is 1.77. The molecule has 1 aromatic carbocycles. The van der Waals surface area contributed by atoms with Gasteiger partial charge in [0, 0.05) is 24.4 Å².